The molecule has 192 valence electrons. The van der Waals surface area contributed by atoms with Crippen LogP contribution >= 0.6 is 0 Å². The highest BCUT2D eigenvalue weighted by atomic mass is 16.6. The summed E-state index contributed by atoms with van der Waals surface area (Å²) in [7, 11) is 0. The van der Waals surface area contributed by atoms with Gasteiger partial charge in [0.2, 0.25) is 11.8 Å². The third-order valence-corrected chi connectivity index (χ3v) is 5.29. The number of ether oxygens (including phenoxy) is 5. The zero-order valence-corrected chi connectivity index (χ0v) is 19.5. The van der Waals surface area contributed by atoms with Crippen molar-refractivity contribution in [2.75, 3.05) is 66.0 Å². The van der Waals surface area contributed by atoms with Gasteiger partial charge in [-0.3, -0.25) is 29.4 Å². The van der Waals surface area contributed by atoms with Gasteiger partial charge in [0.25, 0.3) is 11.8 Å². The van der Waals surface area contributed by atoms with Crippen molar-refractivity contribution in [2.45, 2.75) is 18.9 Å². The van der Waals surface area contributed by atoms with Crippen LogP contribution in [0.4, 0.5) is 0 Å². The second kappa shape index (κ2) is 13.9. The molecule has 0 aromatic heterocycles. The normalized spacial score (nSPS) is 17.6. The van der Waals surface area contributed by atoms with Crippen molar-refractivity contribution in [1.29, 1.82) is 0 Å². The fourth-order valence-corrected chi connectivity index (χ4v) is 3.60. The molecule has 3 N–H and O–H groups in total. The first-order valence-corrected chi connectivity index (χ1v) is 11.5. The Morgan fingerprint density at radius 1 is 0.800 bits per heavy atom. The quantitative estimate of drug-likeness (QED) is 0.227. The average molecular weight is 494 g/mol. The number of hydrogen-bond acceptors (Lipinski definition) is 10. The minimum absolute atomic E-state index is 0.0715. The zero-order valence-electron chi connectivity index (χ0n) is 19.5. The maximum Gasteiger partial charge on any atom is 0.262 e. The Morgan fingerprint density at radius 2 is 1.37 bits per heavy atom. The molecule has 4 amide bonds. The molecule has 1 unspecified atom stereocenters. The standard InChI is InChI=1S/C23H31N3O9/c24-5-6-31-7-8-32-9-10-33-11-12-34-13-14-35-16-1-2-17-18(15-16)23(30)26(22(17)29)19-3-4-20(27)25-21(19)28/h1-2,15,19H,3-14,24H2,(H,25,27,28). The van der Waals surface area contributed by atoms with Crippen LogP contribution in [0.1, 0.15) is 33.6 Å². The number of carbonyl (C=O) groups excluding carboxylic acids is 4. The first-order valence-electron chi connectivity index (χ1n) is 11.5. The maximum atomic E-state index is 12.8. The Balaban J connectivity index is 1.31. The Hall–Kier alpha value is -2.90. The number of piperidine rings is 1. The fraction of sp³-hybridized carbons (Fsp3) is 0.565. The van der Waals surface area contributed by atoms with Gasteiger partial charge in [0.1, 0.15) is 18.4 Å². The number of nitrogens with one attached hydrogen (secondary N) is 1. The average Bonchev–Trinajstić information content (AvgIpc) is 3.09. The van der Waals surface area contributed by atoms with Crippen LogP contribution in [0.3, 0.4) is 0 Å². The highest BCUT2D eigenvalue weighted by Crippen LogP contribution is 2.30. The molecule has 1 atom stereocenters. The van der Waals surface area contributed by atoms with Crippen LogP contribution in [0.25, 0.3) is 0 Å². The number of amides is 4. The van der Waals surface area contributed by atoms with Gasteiger partial charge in [0, 0.05) is 13.0 Å². The van der Waals surface area contributed by atoms with Crippen molar-refractivity contribution < 1.29 is 42.9 Å². The third kappa shape index (κ3) is 7.54. The van der Waals surface area contributed by atoms with Crippen LogP contribution in [0, 0.1) is 0 Å². The van der Waals surface area contributed by atoms with Gasteiger partial charge in [0.15, 0.2) is 0 Å². The van der Waals surface area contributed by atoms with E-state index in [1.165, 1.54) is 12.1 Å². The van der Waals surface area contributed by atoms with Crippen molar-refractivity contribution in [3.8, 4) is 5.75 Å². The summed E-state index contributed by atoms with van der Waals surface area (Å²) in [5.41, 5.74) is 5.68. The van der Waals surface area contributed by atoms with Gasteiger partial charge in [-0.25, -0.2) is 0 Å². The molecule has 0 saturated carbocycles. The molecule has 2 aliphatic rings. The molecule has 2 heterocycles. The summed E-state index contributed by atoms with van der Waals surface area (Å²) < 4.78 is 27.0. The summed E-state index contributed by atoms with van der Waals surface area (Å²) in [6, 6.07) is 3.56. The Bertz CT molecular complexity index is 908. The molecule has 1 saturated heterocycles. The van der Waals surface area contributed by atoms with Gasteiger partial charge in [0.05, 0.1) is 64.0 Å². The van der Waals surface area contributed by atoms with E-state index in [9.17, 15) is 19.2 Å². The van der Waals surface area contributed by atoms with E-state index in [4.69, 9.17) is 29.4 Å². The molecule has 35 heavy (non-hydrogen) atoms. The number of fused-ring (bicyclic) bond motifs is 1. The summed E-state index contributed by atoms with van der Waals surface area (Å²) >= 11 is 0. The molecule has 0 aliphatic carbocycles. The number of hydrogen-bond donors (Lipinski definition) is 2. The molecule has 12 nitrogen and oxygen atoms in total. The Labute approximate surface area is 202 Å². The molecule has 0 radical (unpaired) electrons. The van der Waals surface area contributed by atoms with E-state index in [-0.39, 0.29) is 30.6 Å². The van der Waals surface area contributed by atoms with Crippen LogP contribution < -0.4 is 15.8 Å². The largest absolute Gasteiger partial charge is 0.491 e. The van der Waals surface area contributed by atoms with Crippen molar-refractivity contribution >= 4 is 23.6 Å². The molecule has 2 aliphatic heterocycles. The summed E-state index contributed by atoms with van der Waals surface area (Å²) in [6.45, 7) is 4.29. The van der Waals surface area contributed by atoms with E-state index >= 15 is 0 Å². The van der Waals surface area contributed by atoms with Gasteiger partial charge in [-0.15, -0.1) is 0 Å². The second-order valence-electron chi connectivity index (χ2n) is 7.74. The molecule has 1 aromatic carbocycles. The highest BCUT2D eigenvalue weighted by molar-refractivity contribution is 6.23. The van der Waals surface area contributed by atoms with Crippen LogP contribution in [-0.2, 0) is 28.5 Å². The first kappa shape index (κ1) is 26.7. The molecule has 3 rings (SSSR count). The van der Waals surface area contributed by atoms with Crippen molar-refractivity contribution in [1.82, 2.24) is 10.2 Å². The first-order chi connectivity index (χ1) is 17.0. The van der Waals surface area contributed by atoms with Crippen LogP contribution in [0.5, 0.6) is 5.75 Å². The van der Waals surface area contributed by atoms with Crippen molar-refractivity contribution in [2.24, 2.45) is 5.73 Å². The van der Waals surface area contributed by atoms with E-state index in [1.54, 1.807) is 6.07 Å². The number of nitrogens with zero attached hydrogens (tertiary/aromatic N) is 1. The lowest BCUT2D eigenvalue weighted by molar-refractivity contribution is -0.136. The monoisotopic (exact) mass is 493 g/mol. The highest BCUT2D eigenvalue weighted by Gasteiger charge is 2.44. The Morgan fingerprint density at radius 3 is 1.97 bits per heavy atom. The van der Waals surface area contributed by atoms with Gasteiger partial charge in [-0.1, -0.05) is 0 Å². The molecular formula is C23H31N3O9. The SMILES string of the molecule is NCCOCCOCCOCCOCCOc1ccc2c(c1)C(=O)N(C1CCC(=O)NC1=O)C2=O. The minimum Gasteiger partial charge on any atom is -0.491 e. The molecule has 0 bridgehead atoms. The van der Waals surface area contributed by atoms with Crippen molar-refractivity contribution in [3.63, 3.8) is 0 Å². The van der Waals surface area contributed by atoms with Crippen molar-refractivity contribution in [3.05, 3.63) is 29.3 Å². The lowest BCUT2D eigenvalue weighted by atomic mass is 10.0. The predicted octanol–water partition coefficient (Wildman–Crippen LogP) is -0.508. The van der Waals surface area contributed by atoms with Gasteiger partial charge >= 0.3 is 0 Å². The summed E-state index contributed by atoms with van der Waals surface area (Å²) in [5.74, 6) is -1.79. The third-order valence-electron chi connectivity index (χ3n) is 5.29. The number of imide groups is 2. The van der Waals surface area contributed by atoms with Gasteiger partial charge in [-0.2, -0.15) is 0 Å². The van der Waals surface area contributed by atoms with E-state index in [0.717, 1.165) is 4.90 Å². The maximum absolute atomic E-state index is 12.8. The second-order valence-corrected chi connectivity index (χ2v) is 7.74. The fourth-order valence-electron chi connectivity index (χ4n) is 3.60. The lowest BCUT2D eigenvalue weighted by Crippen LogP contribution is -2.54. The molecule has 1 fully saturated rings. The van der Waals surface area contributed by atoms with Crippen LogP contribution in [0.15, 0.2) is 18.2 Å². The van der Waals surface area contributed by atoms with Gasteiger partial charge < -0.3 is 29.4 Å². The molecule has 12 heteroatoms. The van der Waals surface area contributed by atoms with E-state index < -0.39 is 29.7 Å². The molecule has 0 spiro atoms. The number of nitrogens with two attached hydrogens (primary N) is 1. The predicted molar refractivity (Wildman–Crippen MR) is 121 cm³/mol. The summed E-state index contributed by atoms with van der Waals surface area (Å²) in [6.07, 6.45) is 0.180. The molecule has 1 aromatic rings. The number of rotatable bonds is 16. The van der Waals surface area contributed by atoms with Gasteiger partial charge in [-0.05, 0) is 24.6 Å². The van der Waals surface area contributed by atoms with E-state index in [0.29, 0.717) is 65.1 Å². The van der Waals surface area contributed by atoms with Crippen LogP contribution in [0.2, 0.25) is 0 Å². The van der Waals surface area contributed by atoms with E-state index in [1.807, 2.05) is 0 Å². The summed E-state index contributed by atoms with van der Waals surface area (Å²) in [5, 5.41) is 2.17. The molecular weight excluding hydrogens is 462 g/mol. The van der Waals surface area contributed by atoms with E-state index in [2.05, 4.69) is 5.32 Å². The lowest BCUT2D eigenvalue weighted by Gasteiger charge is -2.27. The Kier molecular flexibility index (Phi) is 10.6. The number of benzene rings is 1. The zero-order chi connectivity index (χ0) is 25.0. The summed E-state index contributed by atoms with van der Waals surface area (Å²) in [4.78, 5) is 49.9. The topological polar surface area (TPSA) is 156 Å². The van der Waals surface area contributed by atoms with Crippen LogP contribution in [-0.4, -0.2) is 101 Å². The smallest absolute Gasteiger partial charge is 0.262 e. The minimum atomic E-state index is -0.998. The number of carbonyl (C=O) groups is 4.